The van der Waals surface area contributed by atoms with Crippen molar-refractivity contribution in [1.29, 1.82) is 0 Å². The van der Waals surface area contributed by atoms with Crippen LogP contribution in [0.3, 0.4) is 0 Å². The van der Waals surface area contributed by atoms with Crippen LogP contribution >= 0.6 is 0 Å². The third-order valence-corrected chi connectivity index (χ3v) is 6.39. The number of nitrogens with one attached hydrogen (secondary N) is 1. The quantitative estimate of drug-likeness (QED) is 0.456. The van der Waals surface area contributed by atoms with Crippen LogP contribution in [0.1, 0.15) is 57.7 Å². The molecule has 0 bridgehead atoms. The first kappa shape index (κ1) is 28.0. The number of nitrogens with zero attached hydrogens (tertiary/aromatic N) is 2. The number of carbonyl (C=O) groups excluding carboxylic acids is 4. The zero-order valence-electron chi connectivity index (χ0n) is 22.4. The molecule has 3 amide bonds. The maximum atomic E-state index is 13.5. The Balaban J connectivity index is 1.71. The monoisotopic (exact) mass is 515 g/mol. The lowest BCUT2D eigenvalue weighted by molar-refractivity contribution is -0.152. The molecule has 2 aliphatic heterocycles. The molecule has 37 heavy (non-hydrogen) atoms. The van der Waals surface area contributed by atoms with Crippen LogP contribution in [0.5, 0.6) is 0 Å². The Morgan fingerprint density at radius 2 is 1.86 bits per heavy atom. The number of benzene rings is 1. The highest BCUT2D eigenvalue weighted by molar-refractivity contribution is 5.90. The number of esters is 1. The molecule has 0 saturated carbocycles. The van der Waals surface area contributed by atoms with E-state index in [1.165, 1.54) is 12.0 Å². The molecule has 1 aromatic carbocycles. The Hall–Kier alpha value is -3.56. The lowest BCUT2D eigenvalue weighted by Gasteiger charge is -2.30. The normalized spacial score (nSPS) is 19.8. The van der Waals surface area contributed by atoms with E-state index in [1.807, 2.05) is 18.2 Å². The summed E-state index contributed by atoms with van der Waals surface area (Å²) in [5.41, 5.74) is 2.28. The molecule has 1 fully saturated rings. The van der Waals surface area contributed by atoms with E-state index in [-0.39, 0.29) is 18.9 Å². The Labute approximate surface area is 217 Å². The highest BCUT2D eigenvalue weighted by atomic mass is 16.6. The molecular formula is C27H37N3O7. The van der Waals surface area contributed by atoms with E-state index in [0.717, 1.165) is 16.7 Å². The van der Waals surface area contributed by atoms with Crippen molar-refractivity contribution < 1.29 is 33.4 Å². The zero-order chi connectivity index (χ0) is 27.5. The van der Waals surface area contributed by atoms with Crippen molar-refractivity contribution in [2.75, 3.05) is 13.7 Å². The first-order valence-electron chi connectivity index (χ1n) is 12.4. The Morgan fingerprint density at radius 1 is 1.16 bits per heavy atom. The van der Waals surface area contributed by atoms with Crippen LogP contribution in [-0.2, 0) is 36.9 Å². The molecule has 10 nitrogen and oxygen atoms in total. The largest absolute Gasteiger partial charge is 0.467 e. The standard InChI is InChI=1S/C27H37N3O7/c1-8-17-10-9-11-18-13-29(15-20(17)18)26(34)36-19-12-21(24(32)35-7)30(14-19)23(31)22(16(2)3)28-25(33)37-27(4,5)6/h8-11,16,19,21-22H,1,12-15H2,2-7H3,(H,28,33)/t19-,21+,22+/m1/s1. The maximum absolute atomic E-state index is 13.5. The summed E-state index contributed by atoms with van der Waals surface area (Å²) < 4.78 is 16.0. The van der Waals surface area contributed by atoms with E-state index in [1.54, 1.807) is 45.6 Å². The van der Waals surface area contributed by atoms with Gasteiger partial charge in [0.05, 0.1) is 20.2 Å². The van der Waals surface area contributed by atoms with Gasteiger partial charge in [-0.3, -0.25) is 9.69 Å². The van der Waals surface area contributed by atoms with Crippen LogP contribution in [0.25, 0.3) is 6.08 Å². The SMILES string of the molecule is C=Cc1cccc2c1CN(C(=O)O[C@@H]1C[C@@H](C(=O)OC)N(C(=O)[C@@H](NC(=O)OC(C)(C)C)C(C)C)C1)C2. The molecule has 0 spiro atoms. The summed E-state index contributed by atoms with van der Waals surface area (Å²) in [6.45, 7) is 13.4. The lowest BCUT2D eigenvalue weighted by Crippen LogP contribution is -2.54. The van der Waals surface area contributed by atoms with Crippen molar-refractivity contribution in [3.8, 4) is 0 Å². The van der Waals surface area contributed by atoms with E-state index in [0.29, 0.717) is 13.1 Å². The predicted octanol–water partition coefficient (Wildman–Crippen LogP) is 3.47. The van der Waals surface area contributed by atoms with Crippen LogP contribution in [0.15, 0.2) is 24.8 Å². The molecule has 202 valence electrons. The van der Waals surface area contributed by atoms with Crippen molar-refractivity contribution in [1.82, 2.24) is 15.1 Å². The van der Waals surface area contributed by atoms with Crippen LogP contribution in [0, 0.1) is 5.92 Å². The zero-order valence-corrected chi connectivity index (χ0v) is 22.4. The number of rotatable bonds is 6. The second-order valence-corrected chi connectivity index (χ2v) is 10.7. The van der Waals surface area contributed by atoms with Gasteiger partial charge in [0.15, 0.2) is 0 Å². The molecule has 10 heteroatoms. The molecule has 3 atom stereocenters. The fourth-order valence-electron chi connectivity index (χ4n) is 4.60. The summed E-state index contributed by atoms with van der Waals surface area (Å²) in [4.78, 5) is 54.3. The number of carbonyl (C=O) groups is 4. The summed E-state index contributed by atoms with van der Waals surface area (Å²) in [6.07, 6.45) is -0.117. The maximum Gasteiger partial charge on any atom is 0.410 e. The van der Waals surface area contributed by atoms with Crippen LogP contribution in [0.4, 0.5) is 9.59 Å². The highest BCUT2D eigenvalue weighted by Gasteiger charge is 2.45. The van der Waals surface area contributed by atoms with Crippen molar-refractivity contribution in [2.45, 2.75) is 77.9 Å². The van der Waals surface area contributed by atoms with Crippen LogP contribution < -0.4 is 5.32 Å². The van der Waals surface area contributed by atoms with E-state index in [9.17, 15) is 19.2 Å². The summed E-state index contributed by atoms with van der Waals surface area (Å²) in [7, 11) is 1.24. The van der Waals surface area contributed by atoms with Gasteiger partial charge in [0.1, 0.15) is 23.8 Å². The van der Waals surface area contributed by atoms with Gasteiger partial charge in [-0.2, -0.15) is 0 Å². The Bertz CT molecular complexity index is 1060. The molecule has 1 saturated heterocycles. The van der Waals surface area contributed by atoms with Crippen molar-refractivity contribution in [3.05, 3.63) is 41.5 Å². The number of hydrogen-bond donors (Lipinski definition) is 1. The molecule has 3 rings (SSSR count). The van der Waals surface area contributed by atoms with Gasteiger partial charge in [-0.15, -0.1) is 0 Å². The molecule has 0 aromatic heterocycles. The molecule has 1 N–H and O–H groups in total. The van der Waals surface area contributed by atoms with E-state index in [4.69, 9.17) is 14.2 Å². The fourth-order valence-corrected chi connectivity index (χ4v) is 4.60. The number of amides is 3. The minimum Gasteiger partial charge on any atom is -0.467 e. The number of methoxy groups -OCH3 is 1. The summed E-state index contributed by atoms with van der Waals surface area (Å²) in [6, 6.07) is 3.94. The lowest BCUT2D eigenvalue weighted by atomic mass is 10.0. The Kier molecular flexibility index (Phi) is 8.50. The average Bonchev–Trinajstić information content (AvgIpc) is 3.44. The minimum atomic E-state index is -0.944. The highest BCUT2D eigenvalue weighted by Crippen LogP contribution is 2.29. The van der Waals surface area contributed by atoms with Crippen molar-refractivity contribution in [2.24, 2.45) is 5.92 Å². The van der Waals surface area contributed by atoms with Gasteiger partial charge >= 0.3 is 18.2 Å². The molecule has 0 unspecified atom stereocenters. The second-order valence-electron chi connectivity index (χ2n) is 10.7. The fraction of sp³-hybridized carbons (Fsp3) is 0.556. The van der Waals surface area contributed by atoms with Gasteiger partial charge in [-0.05, 0) is 43.4 Å². The van der Waals surface area contributed by atoms with E-state index < -0.39 is 47.9 Å². The summed E-state index contributed by atoms with van der Waals surface area (Å²) in [5.74, 6) is -1.38. The molecule has 0 radical (unpaired) electrons. The minimum absolute atomic E-state index is 0.00224. The van der Waals surface area contributed by atoms with Crippen molar-refractivity contribution >= 4 is 30.1 Å². The van der Waals surface area contributed by atoms with Crippen LogP contribution in [0.2, 0.25) is 0 Å². The number of fused-ring (bicyclic) bond motifs is 1. The smallest absolute Gasteiger partial charge is 0.410 e. The topological polar surface area (TPSA) is 114 Å². The second kappa shape index (κ2) is 11.2. The summed E-state index contributed by atoms with van der Waals surface area (Å²) >= 11 is 0. The van der Waals surface area contributed by atoms with Crippen LogP contribution in [-0.4, -0.2) is 71.3 Å². The Morgan fingerprint density at radius 3 is 2.46 bits per heavy atom. The molecule has 0 aliphatic carbocycles. The van der Waals surface area contributed by atoms with Gasteiger partial charge in [-0.25, -0.2) is 14.4 Å². The van der Waals surface area contributed by atoms with E-state index >= 15 is 0 Å². The molecule has 2 aliphatic rings. The van der Waals surface area contributed by atoms with Gasteiger partial charge in [0.25, 0.3) is 0 Å². The number of ether oxygens (including phenoxy) is 3. The number of hydrogen-bond acceptors (Lipinski definition) is 7. The van der Waals surface area contributed by atoms with Gasteiger partial charge in [0.2, 0.25) is 5.91 Å². The van der Waals surface area contributed by atoms with Gasteiger partial charge in [-0.1, -0.05) is 44.7 Å². The predicted molar refractivity (Wildman–Crippen MR) is 136 cm³/mol. The molecule has 2 heterocycles. The van der Waals surface area contributed by atoms with Gasteiger partial charge in [0, 0.05) is 13.0 Å². The average molecular weight is 516 g/mol. The first-order chi connectivity index (χ1) is 17.3. The first-order valence-corrected chi connectivity index (χ1v) is 12.4. The van der Waals surface area contributed by atoms with Gasteiger partial charge < -0.3 is 24.4 Å². The van der Waals surface area contributed by atoms with E-state index in [2.05, 4.69) is 11.9 Å². The molecule has 1 aromatic rings. The number of alkyl carbamates (subject to hydrolysis) is 1. The third-order valence-electron chi connectivity index (χ3n) is 6.39. The third kappa shape index (κ3) is 6.61. The molecular weight excluding hydrogens is 478 g/mol. The number of likely N-dealkylation sites (tertiary alicyclic amines) is 1. The summed E-state index contributed by atoms with van der Waals surface area (Å²) in [5, 5.41) is 2.62. The van der Waals surface area contributed by atoms with Crippen molar-refractivity contribution in [3.63, 3.8) is 0 Å².